The standard InChI is InChI=1S/C26H44N4O10P2/c1-19(2)30(20(3)4)41(38-14-7-13-27)39-17-23(12-15-42(34,35)36-6)40-22(16-37-18-25(32)28-5)10-8-21-9-11-24(31)29-26(21)33/h9,11-12,15,19-23H,7-8,10,14,16-18H2,1-6H3,(H,28,32)(H,34,35)(H,29,31,33)/b15-12+/t21?,22-,23+,41?/m0/s1. The lowest BCUT2D eigenvalue weighted by Gasteiger charge is -2.36. The summed E-state index contributed by atoms with van der Waals surface area (Å²) in [7, 11) is -3.10. The smallest absolute Gasteiger partial charge is 0.351 e. The fraction of sp³-hybridized carbons (Fsp3) is 0.692. The topological polar surface area (TPSA) is 186 Å². The van der Waals surface area contributed by atoms with E-state index in [0.717, 1.165) is 12.9 Å². The van der Waals surface area contributed by atoms with Gasteiger partial charge in [0.25, 0.3) is 8.53 Å². The molecule has 1 heterocycles. The third-order valence-corrected chi connectivity index (χ3v) is 8.95. The van der Waals surface area contributed by atoms with Crippen LogP contribution in [0.25, 0.3) is 0 Å². The number of imide groups is 1. The molecule has 3 amide bonds. The first kappa shape index (κ1) is 38.0. The summed E-state index contributed by atoms with van der Waals surface area (Å²) in [6.07, 6.45) is 3.34. The van der Waals surface area contributed by atoms with Crippen molar-refractivity contribution in [1.82, 2.24) is 15.3 Å². The average Bonchev–Trinajstić information content (AvgIpc) is 2.92. The van der Waals surface area contributed by atoms with Crippen molar-refractivity contribution in [2.75, 3.05) is 40.6 Å². The van der Waals surface area contributed by atoms with Gasteiger partial charge in [-0.25, -0.2) is 4.67 Å². The summed E-state index contributed by atoms with van der Waals surface area (Å²) < 4.78 is 42.7. The number of likely N-dealkylation sites (N-methyl/N-ethyl adjacent to an activating group) is 1. The lowest BCUT2D eigenvalue weighted by molar-refractivity contribution is -0.131. The number of hydrogen-bond donors (Lipinski definition) is 3. The van der Waals surface area contributed by atoms with E-state index < -0.39 is 46.1 Å². The molecule has 0 saturated heterocycles. The fourth-order valence-corrected chi connectivity index (χ4v) is 5.94. The maximum Gasteiger partial charge on any atom is 0.351 e. The quantitative estimate of drug-likeness (QED) is 0.0954. The third kappa shape index (κ3) is 14.9. The van der Waals surface area contributed by atoms with Gasteiger partial charge in [-0.05, 0) is 46.6 Å². The van der Waals surface area contributed by atoms with E-state index in [1.54, 1.807) is 0 Å². The van der Waals surface area contributed by atoms with Gasteiger partial charge in [0.2, 0.25) is 17.7 Å². The van der Waals surface area contributed by atoms with Crippen molar-refractivity contribution in [3.8, 4) is 6.07 Å². The van der Waals surface area contributed by atoms with E-state index in [4.69, 9.17) is 23.8 Å². The van der Waals surface area contributed by atoms with Gasteiger partial charge in [-0.2, -0.15) is 5.26 Å². The molecule has 0 aromatic rings. The molecule has 1 rings (SSSR count). The highest BCUT2D eigenvalue weighted by Gasteiger charge is 2.29. The molecule has 0 aromatic heterocycles. The van der Waals surface area contributed by atoms with Crippen molar-refractivity contribution >= 4 is 33.8 Å². The molecule has 42 heavy (non-hydrogen) atoms. The number of carbonyl (C=O) groups excluding carboxylic acids is 3. The number of amides is 3. The van der Waals surface area contributed by atoms with Crippen LogP contribution in [0.2, 0.25) is 0 Å². The van der Waals surface area contributed by atoms with E-state index in [2.05, 4.69) is 15.2 Å². The van der Waals surface area contributed by atoms with Gasteiger partial charge in [-0.15, -0.1) is 0 Å². The number of ether oxygens (including phenoxy) is 2. The van der Waals surface area contributed by atoms with Gasteiger partial charge in [-0.3, -0.25) is 24.3 Å². The Bertz CT molecular complexity index is 1010. The molecule has 3 unspecified atom stereocenters. The molecule has 0 aliphatic carbocycles. The van der Waals surface area contributed by atoms with Crippen molar-refractivity contribution in [2.45, 2.75) is 71.2 Å². The predicted octanol–water partition coefficient (Wildman–Crippen LogP) is 2.75. The Morgan fingerprint density at radius 1 is 1.26 bits per heavy atom. The van der Waals surface area contributed by atoms with Crippen molar-refractivity contribution in [3.63, 3.8) is 0 Å². The van der Waals surface area contributed by atoms with E-state index in [-0.39, 0.29) is 57.3 Å². The van der Waals surface area contributed by atoms with E-state index >= 15 is 0 Å². The van der Waals surface area contributed by atoms with Gasteiger partial charge in [-0.1, -0.05) is 6.08 Å². The molecular weight excluding hydrogens is 590 g/mol. The Hall–Kier alpha value is -2.04. The Morgan fingerprint density at radius 2 is 1.95 bits per heavy atom. The Kier molecular flexibility index (Phi) is 18.1. The molecule has 0 fully saturated rings. The summed E-state index contributed by atoms with van der Waals surface area (Å²) in [6.45, 7) is 7.76. The van der Waals surface area contributed by atoms with Crippen LogP contribution in [-0.4, -0.2) is 92.2 Å². The monoisotopic (exact) mass is 634 g/mol. The summed E-state index contributed by atoms with van der Waals surface area (Å²) in [5, 5.41) is 13.7. The summed E-state index contributed by atoms with van der Waals surface area (Å²) in [5.74, 6) is -0.844. The highest BCUT2D eigenvalue weighted by Crippen LogP contribution is 2.46. The maximum absolute atomic E-state index is 12.2. The summed E-state index contributed by atoms with van der Waals surface area (Å²) in [5.41, 5.74) is 0. The van der Waals surface area contributed by atoms with Crippen LogP contribution in [-0.2, 0) is 42.0 Å². The van der Waals surface area contributed by atoms with Gasteiger partial charge in [0.15, 0.2) is 0 Å². The minimum atomic E-state index is -4.05. The second-order valence-electron chi connectivity index (χ2n) is 9.81. The van der Waals surface area contributed by atoms with Crippen molar-refractivity contribution in [3.05, 3.63) is 24.0 Å². The second kappa shape index (κ2) is 20.0. The van der Waals surface area contributed by atoms with Crippen LogP contribution in [0.3, 0.4) is 0 Å². The number of nitrogens with zero attached hydrogens (tertiary/aromatic N) is 2. The van der Waals surface area contributed by atoms with Crippen molar-refractivity contribution in [2.24, 2.45) is 5.92 Å². The number of carbonyl (C=O) groups is 3. The Labute approximate surface area is 249 Å². The number of nitrogens with one attached hydrogen (secondary N) is 2. The molecule has 0 saturated carbocycles. The van der Waals surface area contributed by atoms with Crippen LogP contribution < -0.4 is 10.6 Å². The minimum absolute atomic E-state index is 0.0344. The van der Waals surface area contributed by atoms with Crippen molar-refractivity contribution < 1.29 is 46.9 Å². The van der Waals surface area contributed by atoms with E-state index in [9.17, 15) is 23.8 Å². The van der Waals surface area contributed by atoms with E-state index in [0.29, 0.717) is 6.42 Å². The number of hydrogen-bond acceptors (Lipinski definition) is 11. The molecule has 238 valence electrons. The first-order valence-electron chi connectivity index (χ1n) is 13.6. The van der Waals surface area contributed by atoms with E-state index in [1.165, 1.54) is 25.3 Å². The Morgan fingerprint density at radius 3 is 2.52 bits per heavy atom. The zero-order valence-electron chi connectivity index (χ0n) is 25.1. The highest BCUT2D eigenvalue weighted by atomic mass is 31.2. The molecule has 5 atom stereocenters. The molecular formula is C26H44N4O10P2. The third-order valence-electron chi connectivity index (χ3n) is 5.81. The Balaban J connectivity index is 3.18. The summed E-state index contributed by atoms with van der Waals surface area (Å²) in [6, 6.07) is 2.14. The van der Waals surface area contributed by atoms with Gasteiger partial charge in [0.05, 0.1) is 44.3 Å². The predicted molar refractivity (Wildman–Crippen MR) is 156 cm³/mol. The number of nitriles is 1. The molecule has 1 aliphatic rings. The van der Waals surface area contributed by atoms with Crippen LogP contribution in [0.15, 0.2) is 24.0 Å². The molecule has 0 radical (unpaired) electrons. The molecule has 16 heteroatoms. The summed E-state index contributed by atoms with van der Waals surface area (Å²) in [4.78, 5) is 45.3. The van der Waals surface area contributed by atoms with E-state index in [1.807, 2.05) is 38.4 Å². The maximum atomic E-state index is 12.2. The van der Waals surface area contributed by atoms with Gasteiger partial charge in [0, 0.05) is 38.1 Å². The van der Waals surface area contributed by atoms with Crippen LogP contribution >= 0.6 is 16.1 Å². The fourth-order valence-electron chi connectivity index (χ4n) is 3.79. The minimum Gasteiger partial charge on any atom is -0.369 e. The molecule has 1 aliphatic heterocycles. The first-order chi connectivity index (χ1) is 19.8. The zero-order chi connectivity index (χ0) is 31.7. The van der Waals surface area contributed by atoms with Crippen LogP contribution in [0.5, 0.6) is 0 Å². The van der Waals surface area contributed by atoms with Crippen LogP contribution in [0.4, 0.5) is 0 Å². The molecule has 3 N–H and O–H groups in total. The summed E-state index contributed by atoms with van der Waals surface area (Å²) >= 11 is 0. The molecule has 0 spiro atoms. The average molecular weight is 635 g/mol. The molecule has 0 bridgehead atoms. The second-order valence-corrected chi connectivity index (χ2v) is 13.1. The molecule has 0 aromatic carbocycles. The number of rotatable bonds is 21. The van der Waals surface area contributed by atoms with Crippen LogP contribution in [0, 0.1) is 17.2 Å². The zero-order valence-corrected chi connectivity index (χ0v) is 26.8. The molecule has 14 nitrogen and oxygen atoms in total. The highest BCUT2D eigenvalue weighted by molar-refractivity contribution is 7.56. The van der Waals surface area contributed by atoms with Crippen LogP contribution in [0.1, 0.15) is 47.0 Å². The van der Waals surface area contributed by atoms with Crippen molar-refractivity contribution in [1.29, 1.82) is 5.26 Å². The SMILES string of the molecule is CNC(=O)COC[C@H](CCC1C=CC(=O)NC1=O)O[C@H](/C=C/P(=O)(O)OC)COP(OCCC#N)N(C(C)C)C(C)C. The lowest BCUT2D eigenvalue weighted by Crippen LogP contribution is -2.38. The van der Waals surface area contributed by atoms with Gasteiger partial charge in [0.1, 0.15) is 12.7 Å². The van der Waals surface area contributed by atoms with Gasteiger partial charge >= 0.3 is 7.60 Å². The first-order valence-corrected chi connectivity index (χ1v) is 16.4. The normalized spacial score (nSPS) is 19.1. The van der Waals surface area contributed by atoms with Gasteiger partial charge < -0.3 is 33.3 Å². The largest absolute Gasteiger partial charge is 0.369 e. The lowest BCUT2D eigenvalue weighted by atomic mass is 9.97.